The number of carboxylic acid groups (broad SMARTS) is 1. The van der Waals surface area contributed by atoms with Crippen molar-refractivity contribution in [3.8, 4) is 0 Å². The van der Waals surface area contributed by atoms with Gasteiger partial charge in [-0.2, -0.15) is 4.31 Å². The third kappa shape index (κ3) is 2.60. The van der Waals surface area contributed by atoms with Crippen molar-refractivity contribution in [1.82, 2.24) is 4.31 Å². The Morgan fingerprint density at radius 2 is 1.91 bits per heavy atom. The Labute approximate surface area is 133 Å². The Hall–Kier alpha value is -1.99. The van der Waals surface area contributed by atoms with E-state index in [1.165, 1.54) is 12.1 Å². The highest BCUT2D eigenvalue weighted by Gasteiger charge is 2.41. The van der Waals surface area contributed by atoms with Gasteiger partial charge in [-0.05, 0) is 17.4 Å². The zero-order valence-corrected chi connectivity index (χ0v) is 13.3. The number of sulfonamides is 1. The largest absolute Gasteiger partial charge is 0.481 e. The fourth-order valence-electron chi connectivity index (χ4n) is 2.99. The average molecular weight is 337 g/mol. The minimum absolute atomic E-state index is 0.0750. The van der Waals surface area contributed by atoms with Crippen LogP contribution in [-0.4, -0.2) is 36.9 Å². The molecule has 0 aromatic heterocycles. The quantitative estimate of drug-likeness (QED) is 0.933. The number of benzene rings is 2. The van der Waals surface area contributed by atoms with Crippen LogP contribution >= 0.6 is 0 Å². The molecule has 2 aromatic carbocycles. The maximum Gasteiger partial charge on any atom is 0.308 e. The van der Waals surface area contributed by atoms with Gasteiger partial charge in [-0.1, -0.05) is 37.3 Å². The fraction of sp³-hybridized carbons (Fsp3) is 0.312. The average Bonchev–Trinajstić information content (AvgIpc) is 2.90. The number of nitrogens with zero attached hydrogens (tertiary/aromatic N) is 1. The van der Waals surface area contributed by atoms with Crippen molar-refractivity contribution in [2.24, 2.45) is 11.8 Å². The monoisotopic (exact) mass is 337 g/mol. The van der Waals surface area contributed by atoms with E-state index in [1.54, 1.807) is 31.2 Å². The first-order valence-electron chi connectivity index (χ1n) is 7.22. The van der Waals surface area contributed by atoms with E-state index >= 15 is 0 Å². The third-order valence-electron chi connectivity index (χ3n) is 4.34. The lowest BCUT2D eigenvalue weighted by molar-refractivity contribution is -0.142. The Kier molecular flexibility index (Phi) is 3.85. The van der Waals surface area contributed by atoms with E-state index in [0.717, 1.165) is 4.31 Å². The standard InChI is InChI=1S/C16H16FNO4S/c1-10-8-18(9-13(10)16(19)20)23(21,22)14-7-6-11-4-2-3-5-12(11)15(14)17/h2-7,10,13H,8-9H2,1H3,(H,19,20)/t10-,13-/m1/s1. The molecule has 122 valence electrons. The molecule has 0 amide bonds. The number of fused-ring (bicyclic) bond motifs is 1. The van der Waals surface area contributed by atoms with Gasteiger partial charge in [0.1, 0.15) is 4.90 Å². The minimum Gasteiger partial charge on any atom is -0.481 e. The molecule has 5 nitrogen and oxygen atoms in total. The van der Waals surface area contributed by atoms with Crippen molar-refractivity contribution in [2.75, 3.05) is 13.1 Å². The summed E-state index contributed by atoms with van der Waals surface area (Å²) in [5.41, 5.74) is 0. The molecule has 3 rings (SSSR count). The molecule has 0 unspecified atom stereocenters. The molecule has 1 aliphatic rings. The minimum atomic E-state index is -4.07. The number of carboxylic acids is 1. The Balaban J connectivity index is 2.04. The summed E-state index contributed by atoms with van der Waals surface area (Å²) in [5, 5.41) is 9.98. The van der Waals surface area contributed by atoms with Crippen molar-refractivity contribution in [3.63, 3.8) is 0 Å². The van der Waals surface area contributed by atoms with Crippen molar-refractivity contribution >= 4 is 26.8 Å². The van der Waals surface area contributed by atoms with Crippen molar-refractivity contribution in [1.29, 1.82) is 0 Å². The maximum absolute atomic E-state index is 14.6. The molecule has 2 atom stereocenters. The molecule has 2 aromatic rings. The predicted molar refractivity (Wildman–Crippen MR) is 83.0 cm³/mol. The first kappa shape index (κ1) is 15.9. The van der Waals surface area contributed by atoms with Gasteiger partial charge in [-0.15, -0.1) is 0 Å². The van der Waals surface area contributed by atoms with Crippen LogP contribution in [0, 0.1) is 17.7 Å². The van der Waals surface area contributed by atoms with Crippen LogP contribution in [0.3, 0.4) is 0 Å². The van der Waals surface area contributed by atoms with Crippen LogP contribution < -0.4 is 0 Å². The van der Waals surface area contributed by atoms with Gasteiger partial charge in [0.25, 0.3) is 0 Å². The highest BCUT2D eigenvalue weighted by atomic mass is 32.2. The van der Waals surface area contributed by atoms with Crippen molar-refractivity contribution in [2.45, 2.75) is 11.8 Å². The van der Waals surface area contributed by atoms with Crippen LogP contribution in [0.4, 0.5) is 4.39 Å². The maximum atomic E-state index is 14.6. The van der Waals surface area contributed by atoms with Gasteiger partial charge in [0.05, 0.1) is 5.92 Å². The van der Waals surface area contributed by atoms with Gasteiger partial charge in [0, 0.05) is 18.5 Å². The summed E-state index contributed by atoms with van der Waals surface area (Å²) in [6, 6.07) is 9.41. The number of carbonyl (C=O) groups is 1. The highest BCUT2D eigenvalue weighted by Crippen LogP contribution is 2.31. The van der Waals surface area contributed by atoms with Gasteiger partial charge in [-0.3, -0.25) is 4.79 Å². The predicted octanol–water partition coefficient (Wildman–Crippen LogP) is 2.32. The van der Waals surface area contributed by atoms with Crippen LogP contribution in [0.1, 0.15) is 6.92 Å². The number of aliphatic carboxylic acids is 1. The van der Waals surface area contributed by atoms with Crippen LogP contribution in [0.15, 0.2) is 41.3 Å². The Bertz CT molecular complexity index is 881. The second-order valence-corrected chi connectivity index (χ2v) is 7.75. The van der Waals surface area contributed by atoms with E-state index in [4.69, 9.17) is 5.11 Å². The first-order chi connectivity index (χ1) is 10.8. The lowest BCUT2D eigenvalue weighted by atomic mass is 9.99. The zero-order chi connectivity index (χ0) is 16.8. The molecule has 0 radical (unpaired) electrons. The summed E-state index contributed by atoms with van der Waals surface area (Å²) in [7, 11) is -4.07. The van der Waals surface area contributed by atoms with Crippen LogP contribution in [0.25, 0.3) is 10.8 Å². The first-order valence-corrected chi connectivity index (χ1v) is 8.66. The molecular formula is C16H16FNO4S. The van der Waals surface area contributed by atoms with E-state index in [0.29, 0.717) is 5.39 Å². The summed E-state index contributed by atoms with van der Waals surface area (Å²) in [6.07, 6.45) is 0. The summed E-state index contributed by atoms with van der Waals surface area (Å²) >= 11 is 0. The highest BCUT2D eigenvalue weighted by molar-refractivity contribution is 7.89. The third-order valence-corrected chi connectivity index (χ3v) is 6.19. The molecule has 7 heteroatoms. The molecule has 1 heterocycles. The second-order valence-electron chi connectivity index (χ2n) is 5.84. The summed E-state index contributed by atoms with van der Waals surface area (Å²) in [4.78, 5) is 10.8. The van der Waals surface area contributed by atoms with Gasteiger partial charge < -0.3 is 5.11 Å². The number of halogens is 1. The Morgan fingerprint density at radius 3 is 2.57 bits per heavy atom. The molecule has 1 fully saturated rings. The number of rotatable bonds is 3. The topological polar surface area (TPSA) is 74.7 Å². The van der Waals surface area contributed by atoms with Crippen molar-refractivity contribution in [3.05, 3.63) is 42.2 Å². The molecule has 0 aliphatic carbocycles. The molecule has 1 aliphatic heterocycles. The van der Waals surface area contributed by atoms with Gasteiger partial charge in [0.15, 0.2) is 5.82 Å². The SMILES string of the molecule is C[C@@H]1CN(S(=O)(=O)c2ccc3ccccc3c2F)C[C@H]1C(=O)O. The molecule has 23 heavy (non-hydrogen) atoms. The van der Waals surface area contributed by atoms with E-state index in [1.807, 2.05) is 0 Å². The normalized spacial score (nSPS) is 22.5. The van der Waals surface area contributed by atoms with Gasteiger partial charge in [-0.25, -0.2) is 12.8 Å². The fourth-order valence-corrected chi connectivity index (χ4v) is 4.63. The van der Waals surface area contributed by atoms with E-state index in [-0.39, 0.29) is 24.4 Å². The number of hydrogen-bond acceptors (Lipinski definition) is 3. The van der Waals surface area contributed by atoms with E-state index in [9.17, 15) is 17.6 Å². The van der Waals surface area contributed by atoms with Crippen LogP contribution in [0.2, 0.25) is 0 Å². The summed E-state index contributed by atoms with van der Waals surface area (Å²) in [5.74, 6) is -2.91. The summed E-state index contributed by atoms with van der Waals surface area (Å²) < 4.78 is 41.1. The zero-order valence-electron chi connectivity index (χ0n) is 12.4. The van der Waals surface area contributed by atoms with Gasteiger partial charge in [0.2, 0.25) is 10.0 Å². The Morgan fingerprint density at radius 1 is 1.22 bits per heavy atom. The molecule has 0 bridgehead atoms. The van der Waals surface area contributed by atoms with Crippen LogP contribution in [0.5, 0.6) is 0 Å². The molecule has 0 spiro atoms. The van der Waals surface area contributed by atoms with E-state index in [2.05, 4.69) is 0 Å². The van der Waals surface area contributed by atoms with Crippen molar-refractivity contribution < 1.29 is 22.7 Å². The molecular weight excluding hydrogens is 321 g/mol. The molecule has 1 N–H and O–H groups in total. The molecule has 1 saturated heterocycles. The smallest absolute Gasteiger partial charge is 0.308 e. The molecule has 0 saturated carbocycles. The number of hydrogen-bond donors (Lipinski definition) is 1. The van der Waals surface area contributed by atoms with E-state index < -0.39 is 32.6 Å². The second kappa shape index (κ2) is 5.58. The van der Waals surface area contributed by atoms with Crippen LogP contribution in [-0.2, 0) is 14.8 Å². The lowest BCUT2D eigenvalue weighted by Gasteiger charge is -2.17. The van der Waals surface area contributed by atoms with Gasteiger partial charge >= 0.3 is 5.97 Å². The summed E-state index contributed by atoms with van der Waals surface area (Å²) in [6.45, 7) is 1.63. The lowest BCUT2D eigenvalue weighted by Crippen LogP contribution is -2.30.